The number of ketones is 1. The van der Waals surface area contributed by atoms with Gasteiger partial charge in [0.15, 0.2) is 5.78 Å². The van der Waals surface area contributed by atoms with Gasteiger partial charge in [0.1, 0.15) is 0 Å². The molecule has 0 radical (unpaired) electrons. The summed E-state index contributed by atoms with van der Waals surface area (Å²) < 4.78 is 0. The van der Waals surface area contributed by atoms with Crippen LogP contribution >= 0.6 is 0 Å². The molecule has 2 rings (SSSR count). The Morgan fingerprint density at radius 1 is 1.12 bits per heavy atom. The van der Waals surface area contributed by atoms with Gasteiger partial charge in [0.05, 0.1) is 4.92 Å². The molecule has 0 bridgehead atoms. The fourth-order valence-corrected chi connectivity index (χ4v) is 2.61. The molecule has 0 atom stereocenters. The maximum atomic E-state index is 12.3. The summed E-state index contributed by atoms with van der Waals surface area (Å²) in [5.41, 5.74) is 2.86. The number of aryl methyl sites for hydroxylation is 1. The van der Waals surface area contributed by atoms with Crippen molar-refractivity contribution < 1.29 is 9.72 Å². The molecule has 0 aromatic heterocycles. The first-order chi connectivity index (χ1) is 12.0. The van der Waals surface area contributed by atoms with Gasteiger partial charge in [0.25, 0.3) is 5.69 Å². The van der Waals surface area contributed by atoms with Gasteiger partial charge in [-0.25, -0.2) is 0 Å². The average molecular weight is 338 g/mol. The summed E-state index contributed by atoms with van der Waals surface area (Å²) in [7, 11) is 0. The van der Waals surface area contributed by atoms with E-state index in [0.29, 0.717) is 11.1 Å². The number of hydrogen-bond acceptors (Lipinski definition) is 4. The summed E-state index contributed by atoms with van der Waals surface area (Å²) in [5, 5.41) is 11.0. The summed E-state index contributed by atoms with van der Waals surface area (Å²) in [6.07, 6.45) is 3.17. The van der Waals surface area contributed by atoms with E-state index in [9.17, 15) is 14.9 Å². The molecule has 2 aromatic rings. The van der Waals surface area contributed by atoms with E-state index in [0.717, 1.165) is 24.3 Å². The molecule has 0 saturated heterocycles. The van der Waals surface area contributed by atoms with Crippen LogP contribution in [0.5, 0.6) is 0 Å². The Hall–Kier alpha value is -2.95. The van der Waals surface area contributed by atoms with Crippen LogP contribution in [0.15, 0.2) is 48.5 Å². The van der Waals surface area contributed by atoms with Crippen LogP contribution < -0.4 is 4.90 Å². The first kappa shape index (κ1) is 18.4. The predicted molar refractivity (Wildman–Crippen MR) is 101 cm³/mol. The highest BCUT2D eigenvalue weighted by molar-refractivity contribution is 6.07. The van der Waals surface area contributed by atoms with E-state index < -0.39 is 4.92 Å². The van der Waals surface area contributed by atoms with E-state index in [2.05, 4.69) is 18.7 Å². The van der Waals surface area contributed by atoms with Crippen LogP contribution in [0.2, 0.25) is 0 Å². The summed E-state index contributed by atoms with van der Waals surface area (Å²) in [6.45, 7) is 7.75. The molecule has 25 heavy (non-hydrogen) atoms. The van der Waals surface area contributed by atoms with Crippen molar-refractivity contribution in [1.82, 2.24) is 0 Å². The number of rotatable bonds is 7. The third kappa shape index (κ3) is 4.53. The van der Waals surface area contributed by atoms with Crippen molar-refractivity contribution in [2.24, 2.45) is 0 Å². The molecule has 0 fully saturated rings. The normalized spacial score (nSPS) is 10.8. The third-order valence-corrected chi connectivity index (χ3v) is 4.14. The zero-order chi connectivity index (χ0) is 18.4. The van der Waals surface area contributed by atoms with Crippen LogP contribution in [-0.4, -0.2) is 23.8 Å². The van der Waals surface area contributed by atoms with Gasteiger partial charge in [-0.05, 0) is 44.5 Å². The van der Waals surface area contributed by atoms with Gasteiger partial charge in [-0.15, -0.1) is 0 Å². The van der Waals surface area contributed by atoms with Gasteiger partial charge in [-0.2, -0.15) is 0 Å². The molecule has 0 unspecified atom stereocenters. The largest absolute Gasteiger partial charge is 0.372 e. The summed E-state index contributed by atoms with van der Waals surface area (Å²) in [5.74, 6) is -0.254. The lowest BCUT2D eigenvalue weighted by Crippen LogP contribution is -2.21. The molecular weight excluding hydrogens is 316 g/mol. The molecule has 0 aliphatic carbocycles. The van der Waals surface area contributed by atoms with Crippen LogP contribution in [0.4, 0.5) is 11.4 Å². The van der Waals surface area contributed by atoms with Crippen molar-refractivity contribution in [3.8, 4) is 0 Å². The Bertz CT molecular complexity index is 791. The molecule has 0 amide bonds. The highest BCUT2D eigenvalue weighted by atomic mass is 16.6. The molecule has 0 N–H and O–H groups in total. The standard InChI is InChI=1S/C20H22N2O3/c1-4-21(5-2)18-11-7-16(8-12-18)9-13-20(23)17-10-6-15(3)19(14-17)22(24)25/h6-14H,4-5H2,1-3H3/b13-9+. The van der Waals surface area contributed by atoms with E-state index in [1.807, 2.05) is 24.3 Å². The molecular formula is C20H22N2O3. The van der Waals surface area contributed by atoms with Crippen molar-refractivity contribution in [3.63, 3.8) is 0 Å². The molecule has 5 nitrogen and oxygen atoms in total. The number of nitro groups is 1. The topological polar surface area (TPSA) is 63.5 Å². The number of allylic oxidation sites excluding steroid dienone is 1. The Labute approximate surface area is 147 Å². The second-order valence-corrected chi connectivity index (χ2v) is 5.72. The quantitative estimate of drug-likeness (QED) is 0.319. The summed E-state index contributed by atoms with van der Waals surface area (Å²) in [4.78, 5) is 25.0. The van der Waals surface area contributed by atoms with Gasteiger partial charge in [0.2, 0.25) is 0 Å². The second-order valence-electron chi connectivity index (χ2n) is 5.72. The van der Waals surface area contributed by atoms with Gasteiger partial charge < -0.3 is 4.90 Å². The second kappa shape index (κ2) is 8.24. The minimum atomic E-state index is -0.470. The van der Waals surface area contributed by atoms with Crippen molar-refractivity contribution in [1.29, 1.82) is 0 Å². The lowest BCUT2D eigenvalue weighted by atomic mass is 10.1. The predicted octanol–water partition coefficient (Wildman–Crippen LogP) is 4.65. The Kier molecular flexibility index (Phi) is 6.06. The van der Waals surface area contributed by atoms with E-state index in [1.54, 1.807) is 25.1 Å². The molecule has 5 heteroatoms. The highest BCUT2D eigenvalue weighted by Gasteiger charge is 2.13. The smallest absolute Gasteiger partial charge is 0.273 e. The summed E-state index contributed by atoms with van der Waals surface area (Å²) >= 11 is 0. The van der Waals surface area contributed by atoms with E-state index in [4.69, 9.17) is 0 Å². The Morgan fingerprint density at radius 2 is 1.76 bits per heavy atom. The van der Waals surface area contributed by atoms with E-state index in [1.165, 1.54) is 12.1 Å². The minimum Gasteiger partial charge on any atom is -0.372 e. The van der Waals surface area contributed by atoms with Crippen molar-refractivity contribution in [2.75, 3.05) is 18.0 Å². The summed E-state index contributed by atoms with van der Waals surface area (Å²) in [6, 6.07) is 12.5. The number of nitro benzene ring substituents is 1. The van der Waals surface area contributed by atoms with Crippen molar-refractivity contribution in [3.05, 3.63) is 75.3 Å². The van der Waals surface area contributed by atoms with Crippen LogP contribution in [-0.2, 0) is 0 Å². The van der Waals surface area contributed by atoms with Gasteiger partial charge in [0, 0.05) is 36.0 Å². The Morgan fingerprint density at radius 3 is 2.32 bits per heavy atom. The first-order valence-corrected chi connectivity index (χ1v) is 8.28. The zero-order valence-corrected chi connectivity index (χ0v) is 14.7. The molecule has 0 heterocycles. The lowest BCUT2D eigenvalue weighted by molar-refractivity contribution is -0.385. The third-order valence-electron chi connectivity index (χ3n) is 4.14. The SMILES string of the molecule is CCN(CC)c1ccc(/C=C/C(=O)c2ccc(C)c([N+](=O)[O-])c2)cc1. The molecule has 0 aliphatic heterocycles. The van der Waals surface area contributed by atoms with E-state index >= 15 is 0 Å². The lowest BCUT2D eigenvalue weighted by Gasteiger charge is -2.20. The molecule has 2 aromatic carbocycles. The number of carbonyl (C=O) groups is 1. The number of carbonyl (C=O) groups excluding carboxylic acids is 1. The monoisotopic (exact) mass is 338 g/mol. The highest BCUT2D eigenvalue weighted by Crippen LogP contribution is 2.20. The fraction of sp³-hybridized carbons (Fsp3) is 0.250. The molecule has 0 spiro atoms. The molecule has 0 aliphatic rings. The first-order valence-electron chi connectivity index (χ1n) is 8.28. The van der Waals surface area contributed by atoms with Gasteiger partial charge in [-0.3, -0.25) is 14.9 Å². The average Bonchev–Trinajstić information content (AvgIpc) is 2.62. The van der Waals surface area contributed by atoms with E-state index in [-0.39, 0.29) is 11.5 Å². The molecule has 0 saturated carbocycles. The van der Waals surface area contributed by atoms with Gasteiger partial charge >= 0.3 is 0 Å². The molecule has 130 valence electrons. The van der Waals surface area contributed by atoms with Gasteiger partial charge in [-0.1, -0.05) is 30.3 Å². The number of hydrogen-bond donors (Lipinski definition) is 0. The van der Waals surface area contributed by atoms with Crippen LogP contribution in [0.25, 0.3) is 6.08 Å². The maximum Gasteiger partial charge on any atom is 0.273 e. The van der Waals surface area contributed by atoms with Crippen LogP contribution in [0.3, 0.4) is 0 Å². The minimum absolute atomic E-state index is 0.0391. The van der Waals surface area contributed by atoms with Crippen LogP contribution in [0.1, 0.15) is 35.3 Å². The number of anilines is 1. The van der Waals surface area contributed by atoms with Crippen LogP contribution in [0, 0.1) is 17.0 Å². The van der Waals surface area contributed by atoms with Crippen molar-refractivity contribution >= 4 is 23.2 Å². The number of benzene rings is 2. The maximum absolute atomic E-state index is 12.3. The van der Waals surface area contributed by atoms with Crippen molar-refractivity contribution in [2.45, 2.75) is 20.8 Å². The number of nitrogens with zero attached hydrogens (tertiary/aromatic N) is 2. The fourth-order valence-electron chi connectivity index (χ4n) is 2.61. The zero-order valence-electron chi connectivity index (χ0n) is 14.7. The Balaban J connectivity index is 2.15.